The van der Waals surface area contributed by atoms with Crippen molar-refractivity contribution in [1.82, 2.24) is 39.4 Å². The lowest BCUT2D eigenvalue weighted by atomic mass is 10.1. The van der Waals surface area contributed by atoms with Crippen molar-refractivity contribution in [3.63, 3.8) is 0 Å². The predicted octanol–water partition coefficient (Wildman–Crippen LogP) is 3.59. The fourth-order valence-corrected chi connectivity index (χ4v) is 5.16. The minimum atomic E-state index is -2.60. The standard InChI is InChI=1S/C24H23F2N9O/c25-24(26)9-16(24)12-33-19-7-14(1-2-15(19)10-30-33)20-8-18(22-23(27)28-13-31-35(20)22)21-11-29-32-34(21)17-3-5-36-6-4-17/h1-2,7-8,10-11,13,16-17H,3-6,9,12H2,(H2,27,28,31). The first kappa shape index (κ1) is 21.4. The number of aromatic nitrogens is 8. The summed E-state index contributed by atoms with van der Waals surface area (Å²) in [4.78, 5) is 4.23. The first-order valence-corrected chi connectivity index (χ1v) is 11.9. The monoisotopic (exact) mass is 491 g/mol. The van der Waals surface area contributed by atoms with Crippen LogP contribution in [0.25, 0.3) is 38.9 Å². The maximum atomic E-state index is 13.6. The van der Waals surface area contributed by atoms with Crippen molar-refractivity contribution in [1.29, 1.82) is 0 Å². The Hall–Kier alpha value is -3.93. The number of alkyl halides is 2. The number of nitrogens with zero attached hydrogens (tertiary/aromatic N) is 8. The number of benzene rings is 1. The van der Waals surface area contributed by atoms with Crippen molar-refractivity contribution in [2.75, 3.05) is 18.9 Å². The lowest BCUT2D eigenvalue weighted by molar-refractivity contribution is 0.0662. The molecule has 1 unspecified atom stereocenters. The summed E-state index contributed by atoms with van der Waals surface area (Å²) in [7, 11) is 0. The SMILES string of the molecule is Nc1ncnn2c(-c3ccc4cnn(CC5CC5(F)F)c4c3)cc(-c3cnnn3C3CCOCC3)c12. The molecule has 1 atom stereocenters. The lowest BCUT2D eigenvalue weighted by Gasteiger charge is -2.23. The van der Waals surface area contributed by atoms with Crippen LogP contribution < -0.4 is 5.73 Å². The molecule has 2 aliphatic rings. The number of anilines is 1. The van der Waals surface area contributed by atoms with Gasteiger partial charge in [-0.15, -0.1) is 5.10 Å². The molecule has 10 nitrogen and oxygen atoms in total. The second-order valence-corrected chi connectivity index (χ2v) is 9.52. The summed E-state index contributed by atoms with van der Waals surface area (Å²) < 4.78 is 38.0. The molecule has 5 heterocycles. The van der Waals surface area contributed by atoms with E-state index in [0.29, 0.717) is 24.5 Å². The molecule has 1 aliphatic heterocycles. The largest absolute Gasteiger partial charge is 0.382 e. The van der Waals surface area contributed by atoms with Crippen molar-refractivity contribution in [2.45, 2.75) is 37.8 Å². The highest BCUT2D eigenvalue weighted by atomic mass is 19.3. The van der Waals surface area contributed by atoms with Crippen molar-refractivity contribution in [3.8, 4) is 22.5 Å². The molecule has 12 heteroatoms. The number of ether oxygens (including phenoxy) is 1. The van der Waals surface area contributed by atoms with Crippen LogP contribution in [0.5, 0.6) is 0 Å². The minimum Gasteiger partial charge on any atom is -0.382 e. The summed E-state index contributed by atoms with van der Waals surface area (Å²) >= 11 is 0. The highest BCUT2D eigenvalue weighted by Gasteiger charge is 2.56. The zero-order valence-corrected chi connectivity index (χ0v) is 19.3. The average molecular weight is 492 g/mol. The molecule has 1 aliphatic carbocycles. The summed E-state index contributed by atoms with van der Waals surface area (Å²) in [6.45, 7) is 1.54. The van der Waals surface area contributed by atoms with E-state index >= 15 is 0 Å². The molecule has 1 saturated heterocycles. The van der Waals surface area contributed by atoms with Crippen molar-refractivity contribution < 1.29 is 13.5 Å². The molecule has 2 fully saturated rings. The van der Waals surface area contributed by atoms with Crippen LogP contribution in [0.1, 0.15) is 25.3 Å². The van der Waals surface area contributed by atoms with E-state index in [0.717, 1.165) is 46.3 Å². The van der Waals surface area contributed by atoms with E-state index in [1.54, 1.807) is 21.6 Å². The Bertz CT molecular complexity index is 1600. The summed E-state index contributed by atoms with van der Waals surface area (Å²) in [6, 6.07) is 8.05. The van der Waals surface area contributed by atoms with Gasteiger partial charge in [-0.25, -0.2) is 23.0 Å². The Morgan fingerprint density at radius 2 is 1.92 bits per heavy atom. The summed E-state index contributed by atoms with van der Waals surface area (Å²) in [5.41, 5.74) is 11.1. The van der Waals surface area contributed by atoms with Gasteiger partial charge in [0, 0.05) is 42.1 Å². The minimum absolute atomic E-state index is 0.0915. The summed E-state index contributed by atoms with van der Waals surface area (Å²) in [5.74, 6) is -2.93. The number of hydrogen-bond donors (Lipinski definition) is 1. The zero-order valence-electron chi connectivity index (χ0n) is 19.3. The van der Waals surface area contributed by atoms with Crippen LogP contribution in [-0.4, -0.2) is 58.5 Å². The molecule has 0 radical (unpaired) electrons. The van der Waals surface area contributed by atoms with Crippen molar-refractivity contribution >= 4 is 22.2 Å². The third-order valence-electron chi connectivity index (χ3n) is 7.26. The molecule has 0 bridgehead atoms. The molecule has 36 heavy (non-hydrogen) atoms. The lowest BCUT2D eigenvalue weighted by Crippen LogP contribution is -2.21. The maximum Gasteiger partial charge on any atom is 0.253 e. The fourth-order valence-electron chi connectivity index (χ4n) is 5.16. The average Bonchev–Trinajstić information content (AvgIpc) is 3.34. The molecular weight excluding hydrogens is 468 g/mol. The topological polar surface area (TPSA) is 114 Å². The van der Waals surface area contributed by atoms with E-state index in [1.165, 1.54) is 6.33 Å². The van der Waals surface area contributed by atoms with Crippen LogP contribution in [0, 0.1) is 5.92 Å². The molecule has 0 amide bonds. The van der Waals surface area contributed by atoms with E-state index in [2.05, 4.69) is 25.5 Å². The van der Waals surface area contributed by atoms with Gasteiger partial charge in [0.2, 0.25) is 0 Å². The van der Waals surface area contributed by atoms with Gasteiger partial charge in [0.1, 0.15) is 11.8 Å². The van der Waals surface area contributed by atoms with E-state index in [1.807, 2.05) is 28.9 Å². The molecule has 1 saturated carbocycles. The van der Waals surface area contributed by atoms with Crippen molar-refractivity contribution in [3.05, 3.63) is 43.0 Å². The highest BCUT2D eigenvalue weighted by Crippen LogP contribution is 2.49. The van der Waals surface area contributed by atoms with Crippen LogP contribution in [0.2, 0.25) is 0 Å². The fraction of sp³-hybridized carbons (Fsp3) is 0.375. The van der Waals surface area contributed by atoms with Gasteiger partial charge in [-0.05, 0) is 25.0 Å². The van der Waals surface area contributed by atoms with E-state index in [9.17, 15) is 8.78 Å². The number of nitrogens with two attached hydrogens (primary N) is 1. The molecule has 2 N–H and O–H groups in total. The number of nitrogen functional groups attached to an aromatic ring is 1. The molecule has 1 aromatic carbocycles. The smallest absolute Gasteiger partial charge is 0.253 e. The van der Waals surface area contributed by atoms with Crippen LogP contribution in [-0.2, 0) is 11.3 Å². The first-order valence-electron chi connectivity index (χ1n) is 11.9. The molecule has 0 spiro atoms. The molecular formula is C24H23F2N9O. The number of fused-ring (bicyclic) bond motifs is 2. The third-order valence-corrected chi connectivity index (χ3v) is 7.26. The number of rotatable bonds is 5. The second kappa shape index (κ2) is 7.79. The number of hydrogen-bond acceptors (Lipinski definition) is 7. The van der Waals surface area contributed by atoms with Gasteiger partial charge in [0.15, 0.2) is 5.82 Å². The Balaban J connectivity index is 1.36. The van der Waals surface area contributed by atoms with Gasteiger partial charge in [-0.3, -0.25) is 4.68 Å². The van der Waals surface area contributed by atoms with Gasteiger partial charge in [-0.2, -0.15) is 10.2 Å². The highest BCUT2D eigenvalue weighted by molar-refractivity contribution is 5.92. The van der Waals surface area contributed by atoms with Crippen LogP contribution in [0.4, 0.5) is 14.6 Å². The third kappa shape index (κ3) is 3.35. The first-order chi connectivity index (χ1) is 17.5. The molecule has 5 aromatic rings. The summed E-state index contributed by atoms with van der Waals surface area (Å²) in [5, 5.41) is 18.3. The Kier molecular flexibility index (Phi) is 4.62. The Morgan fingerprint density at radius 1 is 1.08 bits per heavy atom. The van der Waals surface area contributed by atoms with Crippen molar-refractivity contribution in [2.24, 2.45) is 5.92 Å². The molecule has 7 rings (SSSR count). The molecule has 184 valence electrons. The van der Waals surface area contributed by atoms with Gasteiger partial charge in [-0.1, -0.05) is 17.3 Å². The van der Waals surface area contributed by atoms with Crippen LogP contribution in [0.15, 0.2) is 43.0 Å². The van der Waals surface area contributed by atoms with Crippen LogP contribution >= 0.6 is 0 Å². The van der Waals surface area contributed by atoms with Crippen LogP contribution in [0.3, 0.4) is 0 Å². The van der Waals surface area contributed by atoms with E-state index in [-0.39, 0.29) is 19.0 Å². The quantitative estimate of drug-likeness (QED) is 0.400. The maximum absolute atomic E-state index is 13.6. The van der Waals surface area contributed by atoms with Gasteiger partial charge in [0.25, 0.3) is 5.92 Å². The Labute approximate surface area is 203 Å². The second-order valence-electron chi connectivity index (χ2n) is 9.52. The van der Waals surface area contributed by atoms with E-state index < -0.39 is 11.8 Å². The zero-order chi connectivity index (χ0) is 24.4. The number of halogens is 2. The normalized spacial score (nSPS) is 19.9. The van der Waals surface area contributed by atoms with Gasteiger partial charge < -0.3 is 10.5 Å². The summed E-state index contributed by atoms with van der Waals surface area (Å²) in [6.07, 6.45) is 6.46. The Morgan fingerprint density at radius 3 is 2.72 bits per heavy atom. The van der Waals surface area contributed by atoms with E-state index in [4.69, 9.17) is 10.5 Å². The predicted molar refractivity (Wildman–Crippen MR) is 127 cm³/mol. The molecule has 4 aromatic heterocycles. The van der Waals surface area contributed by atoms with Gasteiger partial charge >= 0.3 is 0 Å². The van der Waals surface area contributed by atoms with Gasteiger partial charge in [0.05, 0.1) is 41.9 Å².